The number of aliphatic carboxylic acids is 1. The molecule has 0 radical (unpaired) electrons. The molecule has 0 spiro atoms. The molecule has 26 nitrogen and oxygen atoms in total. The lowest BCUT2D eigenvalue weighted by Crippen LogP contribution is -2.62. The van der Waals surface area contributed by atoms with Crippen molar-refractivity contribution < 1.29 is 58.5 Å². The Morgan fingerprint density at radius 3 is 2.11 bits per heavy atom. The van der Waals surface area contributed by atoms with Crippen LogP contribution in [-0.2, 0) is 62.5 Å². The molecule has 1 aromatic carbocycles. The number of amides is 8. The molecule has 79 heavy (non-hydrogen) atoms. The Labute approximate surface area is 462 Å². The lowest BCUT2D eigenvalue weighted by Gasteiger charge is -2.42. The van der Waals surface area contributed by atoms with Crippen LogP contribution in [0.1, 0.15) is 99.5 Å². The van der Waals surface area contributed by atoms with Crippen molar-refractivity contribution in [3.8, 4) is 0 Å². The van der Waals surface area contributed by atoms with Gasteiger partial charge in [0.05, 0.1) is 25.8 Å². The number of carbonyl (C=O) groups is 9. The summed E-state index contributed by atoms with van der Waals surface area (Å²) in [4.78, 5) is 138. The number of aliphatic imine (C=N–C) groups is 2. The molecule has 6 rings (SSSR count). The number of carboxylic acids is 1. The van der Waals surface area contributed by atoms with Crippen molar-refractivity contribution in [1.82, 2.24) is 40.9 Å². The predicted molar refractivity (Wildman–Crippen MR) is 290 cm³/mol. The summed E-state index contributed by atoms with van der Waals surface area (Å²) >= 11 is 1.29. The zero-order valence-corrected chi connectivity index (χ0v) is 45.2. The van der Waals surface area contributed by atoms with Gasteiger partial charge >= 0.3 is 5.97 Å². The first-order chi connectivity index (χ1) is 37.8. The van der Waals surface area contributed by atoms with Gasteiger partial charge in [-0.05, 0) is 73.9 Å². The van der Waals surface area contributed by atoms with Gasteiger partial charge in [0, 0.05) is 69.3 Å². The van der Waals surface area contributed by atoms with E-state index in [4.69, 9.17) is 22.9 Å². The van der Waals surface area contributed by atoms with Gasteiger partial charge in [0.2, 0.25) is 47.3 Å². The van der Waals surface area contributed by atoms with E-state index in [2.05, 4.69) is 31.3 Å². The number of rotatable bonds is 26. The van der Waals surface area contributed by atoms with Crippen LogP contribution in [0, 0.1) is 0 Å². The minimum atomic E-state index is -1.63. The average Bonchev–Trinajstić information content (AvgIpc) is 4.26. The van der Waals surface area contributed by atoms with E-state index in [0.29, 0.717) is 62.1 Å². The standard InChI is InChI=1S/C52H76N14O12S/c53-51(54)57-19-7-6-18-44(71)63-21-9-17-39(63)48(75)66-28-34(68)24-40(66)46(73)59-26-42(69)61-37(25-35-15-10-22-79-35)45(72)62-38(30-67)47(74)65-27-32-12-5-4-11-31(32)23-41(65)49(76)64(33-13-2-1-3-14-33)29-43(70)60-36(50(77)78)16-8-20-58-52(55)56/h4-5,10-12,15,22,33-34,36-41,67-68H,1-3,6-9,13-14,16-21,23-30H2,(H,59,73)(H,60,70)(H,61,69)(H,62,72)(H,77,78)(H4,53,54,57)(H4,55,56,58)/t34-,36-,37-,38-,39+,40+,41+/m0/s1. The van der Waals surface area contributed by atoms with Crippen molar-refractivity contribution in [2.75, 3.05) is 45.9 Å². The highest BCUT2D eigenvalue weighted by Gasteiger charge is 2.46. The Morgan fingerprint density at radius 2 is 1.44 bits per heavy atom. The number of nitrogens with one attached hydrogen (secondary N) is 4. The van der Waals surface area contributed by atoms with Gasteiger partial charge in [-0.2, -0.15) is 0 Å². The first-order valence-corrected chi connectivity index (χ1v) is 27.8. The van der Waals surface area contributed by atoms with Gasteiger partial charge in [-0.1, -0.05) is 49.6 Å². The van der Waals surface area contributed by atoms with Gasteiger partial charge in [0.25, 0.3) is 0 Å². The molecule has 0 bridgehead atoms. The fourth-order valence-corrected chi connectivity index (χ4v) is 11.4. The van der Waals surface area contributed by atoms with E-state index in [1.807, 2.05) is 6.07 Å². The van der Waals surface area contributed by atoms with Gasteiger partial charge in [-0.25, -0.2) is 4.79 Å². The molecule has 8 amide bonds. The molecule has 3 aliphatic heterocycles. The van der Waals surface area contributed by atoms with E-state index in [0.717, 1.165) is 24.8 Å². The number of nitrogens with zero attached hydrogens (tertiary/aromatic N) is 6. The van der Waals surface area contributed by atoms with E-state index in [1.54, 1.807) is 35.7 Å². The number of carbonyl (C=O) groups excluding carboxylic acids is 8. The summed E-state index contributed by atoms with van der Waals surface area (Å²) < 4.78 is 0. The maximum atomic E-state index is 15.0. The third kappa shape index (κ3) is 17.3. The van der Waals surface area contributed by atoms with Crippen LogP contribution in [0.15, 0.2) is 51.8 Å². The molecule has 2 aromatic rings. The van der Waals surface area contributed by atoms with E-state index < -0.39 is 115 Å². The Morgan fingerprint density at radius 1 is 0.747 bits per heavy atom. The quantitative estimate of drug-likeness (QED) is 0.0264. The number of hydrogen-bond acceptors (Lipinski definition) is 14. The molecule has 7 atom stereocenters. The lowest BCUT2D eigenvalue weighted by atomic mass is 9.90. The van der Waals surface area contributed by atoms with Gasteiger partial charge < -0.3 is 79.1 Å². The van der Waals surface area contributed by atoms with Crippen LogP contribution < -0.4 is 44.2 Å². The third-order valence-electron chi connectivity index (χ3n) is 14.7. The fourth-order valence-electron chi connectivity index (χ4n) is 10.7. The topological polar surface area (TPSA) is 404 Å². The van der Waals surface area contributed by atoms with Crippen LogP contribution in [0.4, 0.5) is 0 Å². The number of likely N-dealkylation sites (tertiary alicyclic amines) is 2. The number of β-amino-alcohol motifs (C(OH)–C–C–N with tert-alkyl or cyclic N) is 1. The highest BCUT2D eigenvalue weighted by atomic mass is 32.1. The third-order valence-corrected chi connectivity index (χ3v) is 15.6. The van der Waals surface area contributed by atoms with Crippen molar-refractivity contribution >= 4 is 76.5 Å². The van der Waals surface area contributed by atoms with Crippen LogP contribution in [0.5, 0.6) is 0 Å². The summed E-state index contributed by atoms with van der Waals surface area (Å²) in [7, 11) is 0. The maximum Gasteiger partial charge on any atom is 0.326 e. The van der Waals surface area contributed by atoms with Crippen molar-refractivity contribution in [1.29, 1.82) is 0 Å². The molecule has 4 heterocycles. The molecule has 2 saturated heterocycles. The minimum absolute atomic E-state index is 0.00598. The second-order valence-corrected chi connectivity index (χ2v) is 21.4. The number of benzene rings is 1. The Balaban J connectivity index is 1.13. The van der Waals surface area contributed by atoms with Gasteiger partial charge in [0.1, 0.15) is 36.3 Å². The van der Waals surface area contributed by atoms with Crippen molar-refractivity contribution in [2.45, 2.75) is 151 Å². The maximum absolute atomic E-state index is 15.0. The van der Waals surface area contributed by atoms with Crippen LogP contribution in [0.3, 0.4) is 0 Å². The Hall–Kier alpha value is -7.39. The van der Waals surface area contributed by atoms with Crippen LogP contribution in [0.25, 0.3) is 0 Å². The molecular formula is C52H76N14O12S. The fraction of sp³-hybridized carbons (Fsp3) is 0.596. The Bertz CT molecular complexity index is 2540. The molecule has 1 saturated carbocycles. The number of guanidine groups is 2. The summed E-state index contributed by atoms with van der Waals surface area (Å²) in [5.74, 6) is -6.76. The second-order valence-electron chi connectivity index (χ2n) is 20.4. The normalized spacial score (nSPS) is 20.2. The number of unbranched alkanes of at least 4 members (excludes halogenated alkanes) is 1. The first kappa shape index (κ1) is 60.8. The highest BCUT2D eigenvalue weighted by Crippen LogP contribution is 2.30. The summed E-state index contributed by atoms with van der Waals surface area (Å²) in [6.07, 6.45) is 4.75. The van der Waals surface area contributed by atoms with Gasteiger partial charge in [0.15, 0.2) is 11.9 Å². The van der Waals surface area contributed by atoms with Crippen molar-refractivity contribution in [3.05, 3.63) is 57.8 Å². The molecule has 432 valence electrons. The molecule has 1 aromatic heterocycles. The first-order valence-electron chi connectivity index (χ1n) is 26.9. The van der Waals surface area contributed by atoms with E-state index in [-0.39, 0.29) is 76.0 Å². The summed E-state index contributed by atoms with van der Waals surface area (Å²) in [5, 5.41) is 43.4. The molecule has 3 fully saturated rings. The Kier molecular flexibility index (Phi) is 22.8. The van der Waals surface area contributed by atoms with Crippen LogP contribution in [-0.4, -0.2) is 194 Å². The van der Waals surface area contributed by atoms with Crippen molar-refractivity contribution in [3.63, 3.8) is 0 Å². The van der Waals surface area contributed by atoms with E-state index in [1.165, 1.54) is 30.9 Å². The molecule has 27 heteroatoms. The number of fused-ring (bicyclic) bond motifs is 1. The molecule has 15 N–H and O–H groups in total. The largest absolute Gasteiger partial charge is 0.480 e. The zero-order chi connectivity index (χ0) is 57.2. The number of thiophene rings is 1. The van der Waals surface area contributed by atoms with Gasteiger partial charge in [-0.15, -0.1) is 11.3 Å². The smallest absolute Gasteiger partial charge is 0.326 e. The number of carboxylic acid groups (broad SMARTS) is 1. The molecular weight excluding hydrogens is 1040 g/mol. The second kappa shape index (κ2) is 29.5. The van der Waals surface area contributed by atoms with Crippen molar-refractivity contribution in [2.24, 2.45) is 32.9 Å². The SMILES string of the molecule is NC(N)=NCCCCC(=O)N1CCC[C@@H]1C(=O)N1C[C@@H](O)C[C@@H]1C(=O)NCC(=O)N[C@@H](Cc1cccs1)C(=O)N[C@@H](CO)C(=O)N1Cc2ccccc2C[C@@H]1C(=O)N(CC(=O)N[C@@H](CCCN=C(N)N)C(=O)O)C1CCCCC1. The zero-order valence-electron chi connectivity index (χ0n) is 44.3. The summed E-state index contributed by atoms with van der Waals surface area (Å²) in [6.45, 7) is -1.49. The predicted octanol–water partition coefficient (Wildman–Crippen LogP) is -2.50. The minimum Gasteiger partial charge on any atom is -0.480 e. The number of aliphatic hydroxyl groups excluding tert-OH is 2. The lowest BCUT2D eigenvalue weighted by molar-refractivity contribution is -0.152. The molecule has 0 unspecified atom stereocenters. The van der Waals surface area contributed by atoms with Crippen LogP contribution in [0.2, 0.25) is 0 Å². The summed E-state index contributed by atoms with van der Waals surface area (Å²) in [5.41, 5.74) is 23.0. The monoisotopic (exact) mass is 1120 g/mol. The summed E-state index contributed by atoms with van der Waals surface area (Å²) in [6, 6.07) is 2.73. The number of aliphatic hydroxyl groups is 2. The van der Waals surface area contributed by atoms with Gasteiger partial charge in [-0.3, -0.25) is 48.3 Å². The highest BCUT2D eigenvalue weighted by molar-refractivity contribution is 7.09. The number of nitrogens with two attached hydrogens (primary N) is 4. The number of hydrogen-bond donors (Lipinski definition) is 11. The molecule has 1 aliphatic carbocycles. The van der Waals surface area contributed by atoms with E-state index >= 15 is 4.79 Å². The average molecular weight is 1120 g/mol. The van der Waals surface area contributed by atoms with Crippen LogP contribution >= 0.6 is 11.3 Å². The molecule has 4 aliphatic rings. The van der Waals surface area contributed by atoms with E-state index in [9.17, 15) is 53.7 Å².